The second-order valence-corrected chi connectivity index (χ2v) is 10.9. The lowest BCUT2D eigenvalue weighted by Gasteiger charge is -2.36. The van der Waals surface area contributed by atoms with Gasteiger partial charge in [-0.3, -0.25) is 14.4 Å². The van der Waals surface area contributed by atoms with Gasteiger partial charge in [0.2, 0.25) is 0 Å². The van der Waals surface area contributed by atoms with Crippen molar-refractivity contribution < 1.29 is 28.6 Å². The Morgan fingerprint density at radius 1 is 0.727 bits per heavy atom. The van der Waals surface area contributed by atoms with Crippen molar-refractivity contribution >= 4 is 17.9 Å². The van der Waals surface area contributed by atoms with Crippen LogP contribution in [0.2, 0.25) is 0 Å². The maximum atomic E-state index is 13.2. The van der Waals surface area contributed by atoms with Crippen LogP contribution in [-0.2, 0) is 28.6 Å². The Labute approximate surface area is 201 Å². The van der Waals surface area contributed by atoms with Gasteiger partial charge < -0.3 is 14.2 Å². The molecule has 0 spiro atoms. The number of ether oxygens (including phenoxy) is 3. The van der Waals surface area contributed by atoms with Gasteiger partial charge in [0, 0.05) is 0 Å². The molecule has 0 aromatic heterocycles. The second-order valence-electron chi connectivity index (χ2n) is 10.9. The molecule has 0 N–H and O–H groups in total. The van der Waals surface area contributed by atoms with Crippen molar-refractivity contribution in [3.8, 4) is 0 Å². The molecule has 33 heavy (non-hydrogen) atoms. The van der Waals surface area contributed by atoms with Crippen LogP contribution in [0.15, 0.2) is 0 Å². The zero-order chi connectivity index (χ0) is 24.9. The van der Waals surface area contributed by atoms with Gasteiger partial charge in [-0.15, -0.1) is 0 Å². The quantitative estimate of drug-likeness (QED) is 0.125. The Bertz CT molecular complexity index is 567. The number of hydrogen-bond donors (Lipinski definition) is 0. The third kappa shape index (κ3) is 10.9. The van der Waals surface area contributed by atoms with E-state index in [4.69, 9.17) is 14.2 Å². The molecular weight excluding hydrogens is 420 g/mol. The summed E-state index contributed by atoms with van der Waals surface area (Å²) in [6.07, 6.45) is 6.90. The van der Waals surface area contributed by atoms with Gasteiger partial charge >= 0.3 is 17.9 Å². The standard InChI is InChI=1S/C27H48O6/c1-20(2)11-8-16-31-24(28)23-14-7-15-27(19-23,25(29)32-17-9-12-21(3)4)26(30)33-18-10-13-22(5)6/h20-23H,7-19H2,1-6H3. The van der Waals surface area contributed by atoms with E-state index in [0.717, 1.165) is 38.5 Å². The summed E-state index contributed by atoms with van der Waals surface area (Å²) in [7, 11) is 0. The lowest BCUT2D eigenvalue weighted by atomic mass is 9.69. The summed E-state index contributed by atoms with van der Waals surface area (Å²) < 4.78 is 16.6. The highest BCUT2D eigenvalue weighted by molar-refractivity contribution is 6.00. The van der Waals surface area contributed by atoms with E-state index >= 15 is 0 Å². The van der Waals surface area contributed by atoms with Gasteiger partial charge in [0.25, 0.3) is 0 Å². The van der Waals surface area contributed by atoms with Gasteiger partial charge in [-0.05, 0) is 75.5 Å². The van der Waals surface area contributed by atoms with E-state index in [1.807, 2.05) is 0 Å². The lowest BCUT2D eigenvalue weighted by molar-refractivity contribution is -0.178. The normalized spacial score (nSPS) is 17.9. The molecular formula is C27H48O6. The number of esters is 3. The average Bonchev–Trinajstić information content (AvgIpc) is 2.76. The molecule has 1 aliphatic carbocycles. The monoisotopic (exact) mass is 468 g/mol. The molecule has 0 amide bonds. The maximum Gasteiger partial charge on any atom is 0.323 e. The molecule has 0 saturated heterocycles. The molecule has 1 unspecified atom stereocenters. The van der Waals surface area contributed by atoms with E-state index < -0.39 is 23.3 Å². The molecule has 0 radical (unpaired) electrons. The fraction of sp³-hybridized carbons (Fsp3) is 0.889. The molecule has 1 atom stereocenters. The highest BCUT2D eigenvalue weighted by atomic mass is 16.6. The lowest BCUT2D eigenvalue weighted by Crippen LogP contribution is -2.47. The van der Waals surface area contributed by atoms with Crippen LogP contribution in [0.3, 0.4) is 0 Å². The minimum atomic E-state index is -1.41. The van der Waals surface area contributed by atoms with Crippen LogP contribution < -0.4 is 0 Å². The van der Waals surface area contributed by atoms with Crippen molar-refractivity contribution in [2.75, 3.05) is 19.8 Å². The predicted octanol–water partition coefficient (Wildman–Crippen LogP) is 6.10. The van der Waals surface area contributed by atoms with E-state index in [2.05, 4.69) is 41.5 Å². The largest absolute Gasteiger partial charge is 0.465 e. The van der Waals surface area contributed by atoms with E-state index in [1.165, 1.54) is 0 Å². The molecule has 1 fully saturated rings. The summed E-state index contributed by atoms with van der Waals surface area (Å²) in [5.41, 5.74) is -1.41. The van der Waals surface area contributed by atoms with Crippen molar-refractivity contribution in [1.29, 1.82) is 0 Å². The first-order valence-corrected chi connectivity index (χ1v) is 13.1. The molecule has 1 aliphatic rings. The molecule has 0 heterocycles. The zero-order valence-electron chi connectivity index (χ0n) is 22.0. The first-order valence-electron chi connectivity index (χ1n) is 13.1. The molecule has 192 valence electrons. The van der Waals surface area contributed by atoms with Crippen LogP contribution in [-0.4, -0.2) is 37.7 Å². The van der Waals surface area contributed by atoms with Crippen molar-refractivity contribution in [3.05, 3.63) is 0 Å². The molecule has 0 aliphatic heterocycles. The Hall–Kier alpha value is -1.59. The third-order valence-electron chi connectivity index (χ3n) is 6.35. The summed E-state index contributed by atoms with van der Waals surface area (Å²) in [4.78, 5) is 39.1. The van der Waals surface area contributed by atoms with Crippen LogP contribution in [0.4, 0.5) is 0 Å². The third-order valence-corrected chi connectivity index (χ3v) is 6.35. The molecule has 1 saturated carbocycles. The van der Waals surface area contributed by atoms with Gasteiger partial charge in [-0.1, -0.05) is 48.0 Å². The molecule has 6 nitrogen and oxygen atoms in total. The molecule has 6 heteroatoms. The minimum absolute atomic E-state index is 0.113. The molecule has 0 bridgehead atoms. The van der Waals surface area contributed by atoms with Crippen molar-refractivity contribution in [1.82, 2.24) is 0 Å². The Kier molecular flexibility index (Phi) is 13.7. The maximum absolute atomic E-state index is 13.2. The zero-order valence-corrected chi connectivity index (χ0v) is 22.0. The van der Waals surface area contributed by atoms with Gasteiger partial charge in [0.05, 0.1) is 25.7 Å². The van der Waals surface area contributed by atoms with Crippen LogP contribution in [0.1, 0.15) is 106 Å². The number of carbonyl (C=O) groups excluding carboxylic acids is 3. The second kappa shape index (κ2) is 15.3. The first kappa shape index (κ1) is 29.4. The van der Waals surface area contributed by atoms with Crippen LogP contribution in [0, 0.1) is 29.1 Å². The van der Waals surface area contributed by atoms with Crippen LogP contribution in [0.25, 0.3) is 0 Å². The van der Waals surface area contributed by atoms with Gasteiger partial charge in [-0.2, -0.15) is 0 Å². The Balaban J connectivity index is 2.81. The van der Waals surface area contributed by atoms with Crippen molar-refractivity contribution in [3.63, 3.8) is 0 Å². The van der Waals surface area contributed by atoms with E-state index in [-0.39, 0.29) is 25.6 Å². The van der Waals surface area contributed by atoms with Crippen molar-refractivity contribution in [2.45, 2.75) is 106 Å². The van der Waals surface area contributed by atoms with E-state index in [9.17, 15) is 14.4 Å². The topological polar surface area (TPSA) is 78.9 Å². The summed E-state index contributed by atoms with van der Waals surface area (Å²) in [5, 5.41) is 0. The minimum Gasteiger partial charge on any atom is -0.465 e. The van der Waals surface area contributed by atoms with E-state index in [1.54, 1.807) is 0 Å². The van der Waals surface area contributed by atoms with Crippen LogP contribution in [0.5, 0.6) is 0 Å². The summed E-state index contributed by atoms with van der Waals surface area (Å²) in [5.74, 6) is -0.287. The average molecular weight is 469 g/mol. The highest BCUT2D eigenvalue weighted by Gasteiger charge is 2.53. The fourth-order valence-electron chi connectivity index (χ4n) is 4.30. The fourth-order valence-corrected chi connectivity index (χ4v) is 4.30. The molecule has 0 aromatic rings. The predicted molar refractivity (Wildman–Crippen MR) is 129 cm³/mol. The smallest absolute Gasteiger partial charge is 0.323 e. The SMILES string of the molecule is CC(C)CCCOC(=O)C1CCCC(C(=O)OCCCC(C)C)(C(=O)OCCCC(C)C)C1. The van der Waals surface area contributed by atoms with Gasteiger partial charge in [-0.25, -0.2) is 0 Å². The summed E-state index contributed by atoms with van der Waals surface area (Å²) >= 11 is 0. The summed E-state index contributed by atoms with van der Waals surface area (Å²) in [6, 6.07) is 0. The Morgan fingerprint density at radius 2 is 1.15 bits per heavy atom. The van der Waals surface area contributed by atoms with Gasteiger partial charge in [0.15, 0.2) is 5.41 Å². The van der Waals surface area contributed by atoms with Crippen molar-refractivity contribution in [2.24, 2.45) is 29.1 Å². The number of rotatable bonds is 15. The molecule has 0 aromatic carbocycles. The van der Waals surface area contributed by atoms with Crippen LogP contribution >= 0.6 is 0 Å². The number of carbonyl (C=O) groups is 3. The first-order chi connectivity index (χ1) is 15.6. The van der Waals surface area contributed by atoms with E-state index in [0.29, 0.717) is 43.6 Å². The molecule has 1 rings (SSSR count). The highest BCUT2D eigenvalue weighted by Crippen LogP contribution is 2.42. The Morgan fingerprint density at radius 3 is 1.58 bits per heavy atom. The number of hydrogen-bond acceptors (Lipinski definition) is 6. The van der Waals surface area contributed by atoms with Gasteiger partial charge in [0.1, 0.15) is 0 Å². The summed E-state index contributed by atoms with van der Waals surface area (Å²) in [6.45, 7) is 13.7.